The first-order valence-corrected chi connectivity index (χ1v) is 8.13. The van der Waals surface area contributed by atoms with Crippen LogP contribution in [-0.4, -0.2) is 22.8 Å². The average Bonchev–Trinajstić information content (AvgIpc) is 3.07. The Morgan fingerprint density at radius 3 is 2.54 bits per heavy atom. The molecule has 0 bridgehead atoms. The molecule has 0 saturated heterocycles. The van der Waals surface area contributed by atoms with E-state index in [4.69, 9.17) is 16.0 Å². The van der Waals surface area contributed by atoms with Gasteiger partial charge in [0.2, 0.25) is 5.91 Å². The van der Waals surface area contributed by atoms with Crippen LogP contribution in [0.3, 0.4) is 0 Å². The number of rotatable bonds is 8. The summed E-state index contributed by atoms with van der Waals surface area (Å²) in [6.45, 7) is 1.80. The molecular weight excluding hydrogens is 330 g/mol. The molecule has 0 radical (unpaired) electrons. The second-order valence-electron chi connectivity index (χ2n) is 5.67. The van der Waals surface area contributed by atoms with Crippen LogP contribution in [0.15, 0.2) is 47.1 Å². The summed E-state index contributed by atoms with van der Waals surface area (Å²) in [6.07, 6.45) is 1.28. The quantitative estimate of drug-likeness (QED) is 0.714. The number of furan rings is 1. The molecule has 2 unspecified atom stereocenters. The smallest absolute Gasteiger partial charge is 0.220 e. The molecule has 0 spiro atoms. The normalized spacial score (nSPS) is 13.3. The van der Waals surface area contributed by atoms with E-state index in [1.165, 1.54) is 6.26 Å². The van der Waals surface area contributed by atoms with Crippen molar-refractivity contribution in [2.24, 2.45) is 0 Å². The highest BCUT2D eigenvalue weighted by Gasteiger charge is 2.17. The van der Waals surface area contributed by atoms with E-state index < -0.39 is 6.10 Å². The predicted octanol–water partition coefficient (Wildman–Crippen LogP) is 3.52. The van der Waals surface area contributed by atoms with Gasteiger partial charge in [0, 0.05) is 35.9 Å². The molecule has 2 aromatic rings. The second-order valence-corrected chi connectivity index (χ2v) is 6.10. The molecule has 0 aliphatic heterocycles. The molecule has 2 rings (SSSR count). The number of hydrogen-bond donors (Lipinski definition) is 2. The zero-order chi connectivity index (χ0) is 17.5. The number of ketones is 1. The minimum atomic E-state index is -0.772. The fraction of sp³-hybridized carbons (Fsp3) is 0.333. The summed E-state index contributed by atoms with van der Waals surface area (Å²) in [5, 5.41) is 13.3. The van der Waals surface area contributed by atoms with Gasteiger partial charge in [0.25, 0.3) is 0 Å². The third-order valence-electron chi connectivity index (χ3n) is 3.60. The van der Waals surface area contributed by atoms with Gasteiger partial charge in [-0.05, 0) is 43.3 Å². The predicted molar refractivity (Wildman–Crippen MR) is 90.9 cm³/mol. The van der Waals surface area contributed by atoms with Gasteiger partial charge >= 0.3 is 0 Å². The van der Waals surface area contributed by atoms with Crippen molar-refractivity contribution in [2.75, 3.05) is 0 Å². The molecule has 0 aliphatic carbocycles. The second kappa shape index (κ2) is 8.66. The Morgan fingerprint density at radius 2 is 1.92 bits per heavy atom. The lowest BCUT2D eigenvalue weighted by atomic mass is 10.1. The van der Waals surface area contributed by atoms with Crippen molar-refractivity contribution in [3.63, 3.8) is 0 Å². The summed E-state index contributed by atoms with van der Waals surface area (Å²) in [4.78, 5) is 23.9. The van der Waals surface area contributed by atoms with Crippen LogP contribution >= 0.6 is 11.6 Å². The maximum atomic E-state index is 12.0. The third kappa shape index (κ3) is 5.51. The van der Waals surface area contributed by atoms with Gasteiger partial charge in [-0.1, -0.05) is 11.6 Å². The number of carbonyl (C=O) groups excluding carboxylic acids is 2. The van der Waals surface area contributed by atoms with E-state index in [0.29, 0.717) is 22.8 Å². The third-order valence-corrected chi connectivity index (χ3v) is 3.85. The highest BCUT2D eigenvalue weighted by atomic mass is 35.5. The summed E-state index contributed by atoms with van der Waals surface area (Å²) in [7, 11) is 0. The number of hydrogen-bond acceptors (Lipinski definition) is 4. The molecule has 2 atom stereocenters. The lowest BCUT2D eigenvalue weighted by Gasteiger charge is -2.16. The van der Waals surface area contributed by atoms with Crippen LogP contribution in [0.1, 0.15) is 48.4 Å². The monoisotopic (exact) mass is 349 g/mol. The Bertz CT molecular complexity index is 667. The maximum absolute atomic E-state index is 12.0. The van der Waals surface area contributed by atoms with E-state index in [1.54, 1.807) is 43.3 Å². The standard InChI is InChI=1S/C18H20ClNO4/c1-12(11-16(22)17-3-2-10-24-17)20-18(23)9-8-15(21)13-4-6-14(19)7-5-13/h2-7,10,12,16,22H,8-9,11H2,1H3,(H,20,23). The van der Waals surface area contributed by atoms with Gasteiger partial charge < -0.3 is 14.8 Å². The molecule has 1 aromatic carbocycles. The number of Topliss-reactive ketones (excluding diaryl/α,β-unsaturated/α-hetero) is 1. The van der Waals surface area contributed by atoms with Gasteiger partial charge in [-0.25, -0.2) is 0 Å². The number of amides is 1. The van der Waals surface area contributed by atoms with E-state index in [9.17, 15) is 14.7 Å². The van der Waals surface area contributed by atoms with Gasteiger partial charge in [-0.15, -0.1) is 0 Å². The zero-order valence-corrected chi connectivity index (χ0v) is 14.1. The van der Waals surface area contributed by atoms with Gasteiger partial charge in [-0.3, -0.25) is 9.59 Å². The molecule has 1 amide bonds. The lowest BCUT2D eigenvalue weighted by Crippen LogP contribution is -2.33. The maximum Gasteiger partial charge on any atom is 0.220 e. The fourth-order valence-electron chi connectivity index (χ4n) is 2.35. The molecule has 0 fully saturated rings. The van der Waals surface area contributed by atoms with Crippen LogP contribution in [0.2, 0.25) is 5.02 Å². The van der Waals surface area contributed by atoms with Gasteiger partial charge in [0.15, 0.2) is 5.78 Å². The molecular formula is C18H20ClNO4. The number of halogens is 1. The molecule has 1 aromatic heterocycles. The summed E-state index contributed by atoms with van der Waals surface area (Å²) in [5.41, 5.74) is 0.536. The molecule has 24 heavy (non-hydrogen) atoms. The minimum Gasteiger partial charge on any atom is -0.467 e. The summed E-state index contributed by atoms with van der Waals surface area (Å²) in [5.74, 6) is 0.135. The van der Waals surface area contributed by atoms with Crippen molar-refractivity contribution < 1.29 is 19.1 Å². The zero-order valence-electron chi connectivity index (χ0n) is 13.4. The van der Waals surface area contributed by atoms with Crippen molar-refractivity contribution in [3.05, 3.63) is 59.0 Å². The van der Waals surface area contributed by atoms with Gasteiger partial charge in [0.1, 0.15) is 11.9 Å². The molecule has 2 N–H and O–H groups in total. The molecule has 5 nitrogen and oxygen atoms in total. The van der Waals surface area contributed by atoms with Crippen molar-refractivity contribution >= 4 is 23.3 Å². The van der Waals surface area contributed by atoms with E-state index in [2.05, 4.69) is 5.32 Å². The molecule has 6 heteroatoms. The van der Waals surface area contributed by atoms with Crippen LogP contribution in [-0.2, 0) is 4.79 Å². The van der Waals surface area contributed by atoms with Crippen molar-refractivity contribution in [2.45, 2.75) is 38.3 Å². The van der Waals surface area contributed by atoms with Crippen LogP contribution in [0.4, 0.5) is 0 Å². The number of nitrogens with one attached hydrogen (secondary N) is 1. The Balaban J connectivity index is 1.74. The number of benzene rings is 1. The average molecular weight is 350 g/mol. The van der Waals surface area contributed by atoms with E-state index in [1.807, 2.05) is 0 Å². The van der Waals surface area contributed by atoms with Gasteiger partial charge in [0.05, 0.1) is 6.26 Å². The summed E-state index contributed by atoms with van der Waals surface area (Å²) in [6, 6.07) is 9.73. The largest absolute Gasteiger partial charge is 0.467 e. The number of aliphatic hydroxyl groups is 1. The van der Waals surface area contributed by atoms with Crippen LogP contribution in [0.25, 0.3) is 0 Å². The molecule has 128 valence electrons. The topological polar surface area (TPSA) is 79.5 Å². The van der Waals surface area contributed by atoms with Crippen molar-refractivity contribution in [1.82, 2.24) is 5.32 Å². The Morgan fingerprint density at radius 1 is 1.21 bits per heavy atom. The van der Waals surface area contributed by atoms with E-state index >= 15 is 0 Å². The van der Waals surface area contributed by atoms with Crippen LogP contribution in [0.5, 0.6) is 0 Å². The highest BCUT2D eigenvalue weighted by Crippen LogP contribution is 2.18. The van der Waals surface area contributed by atoms with E-state index in [0.717, 1.165) is 0 Å². The van der Waals surface area contributed by atoms with Crippen molar-refractivity contribution in [1.29, 1.82) is 0 Å². The first-order valence-electron chi connectivity index (χ1n) is 7.75. The van der Waals surface area contributed by atoms with E-state index in [-0.39, 0.29) is 30.6 Å². The number of aliphatic hydroxyl groups excluding tert-OH is 1. The van der Waals surface area contributed by atoms with Gasteiger partial charge in [-0.2, -0.15) is 0 Å². The van der Waals surface area contributed by atoms with Crippen LogP contribution in [0, 0.1) is 0 Å². The lowest BCUT2D eigenvalue weighted by molar-refractivity contribution is -0.121. The molecule has 1 heterocycles. The summed E-state index contributed by atoms with van der Waals surface area (Å²) >= 11 is 5.78. The first-order chi connectivity index (χ1) is 11.5. The minimum absolute atomic E-state index is 0.0998. The fourth-order valence-corrected chi connectivity index (χ4v) is 2.47. The van der Waals surface area contributed by atoms with Crippen LogP contribution < -0.4 is 5.32 Å². The Kier molecular flexibility index (Phi) is 6.58. The van der Waals surface area contributed by atoms with Crippen molar-refractivity contribution in [3.8, 4) is 0 Å². The first kappa shape index (κ1) is 18.2. The Labute approximate surface area is 145 Å². The SMILES string of the molecule is CC(CC(O)c1ccco1)NC(=O)CCC(=O)c1ccc(Cl)cc1. The number of carbonyl (C=O) groups is 2. The molecule has 0 aliphatic rings. The molecule has 0 saturated carbocycles. The Hall–Kier alpha value is -2.11. The summed E-state index contributed by atoms with van der Waals surface area (Å²) < 4.78 is 5.12. The highest BCUT2D eigenvalue weighted by molar-refractivity contribution is 6.30.